The molecule has 0 saturated carbocycles. The van der Waals surface area contributed by atoms with Crippen LogP contribution in [0.1, 0.15) is 46.6 Å². The quantitative estimate of drug-likeness (QED) is 0.912. The minimum absolute atomic E-state index is 0.0324. The lowest BCUT2D eigenvalue weighted by molar-refractivity contribution is 0.0954. The molecule has 0 aliphatic rings. The molecule has 0 fully saturated rings. The second-order valence-electron chi connectivity index (χ2n) is 5.94. The van der Waals surface area contributed by atoms with Crippen LogP contribution in [0, 0.1) is 0 Å². The number of benzene rings is 1. The molecule has 1 aromatic heterocycles. The number of nitrogens with one attached hydrogen (secondary N) is 1. The number of thiazole rings is 1. The van der Waals surface area contributed by atoms with Gasteiger partial charge in [0, 0.05) is 18.5 Å². The molecule has 0 aliphatic heterocycles. The number of hydrogen-bond donors (Lipinski definition) is 2. The number of nitrogens with two attached hydrogens (primary N) is 1. The molecule has 0 unspecified atom stereocenters. The van der Waals surface area contributed by atoms with Crippen LogP contribution in [0.15, 0.2) is 30.5 Å². The second-order valence-corrected chi connectivity index (χ2v) is 6.97. The summed E-state index contributed by atoms with van der Waals surface area (Å²) in [6.07, 6.45) is 1.65. The zero-order valence-electron chi connectivity index (χ0n) is 12.6. The molecule has 0 atom stereocenters. The maximum Gasteiger partial charge on any atom is 0.263 e. The first-order valence-corrected chi connectivity index (χ1v) is 7.75. The van der Waals surface area contributed by atoms with Gasteiger partial charge in [-0.25, -0.2) is 4.98 Å². The van der Waals surface area contributed by atoms with Gasteiger partial charge in [0.05, 0.1) is 11.2 Å². The molecule has 1 amide bonds. The number of nitrogens with zero attached hydrogens (tertiary/aromatic N) is 1. The lowest BCUT2D eigenvalue weighted by Crippen LogP contribution is -2.22. The van der Waals surface area contributed by atoms with Crippen molar-refractivity contribution >= 4 is 17.2 Å². The van der Waals surface area contributed by atoms with Crippen molar-refractivity contribution in [3.05, 3.63) is 51.5 Å². The fourth-order valence-electron chi connectivity index (χ4n) is 1.92. The number of amides is 1. The predicted octanol–water partition coefficient (Wildman–Crippen LogP) is 2.83. The third-order valence-electron chi connectivity index (χ3n) is 3.15. The van der Waals surface area contributed by atoms with E-state index < -0.39 is 0 Å². The van der Waals surface area contributed by atoms with Crippen LogP contribution in [0.2, 0.25) is 0 Å². The van der Waals surface area contributed by atoms with Gasteiger partial charge in [-0.1, -0.05) is 45.0 Å². The maximum absolute atomic E-state index is 12.2. The monoisotopic (exact) mass is 303 g/mol. The van der Waals surface area contributed by atoms with Crippen molar-refractivity contribution in [2.75, 3.05) is 0 Å². The van der Waals surface area contributed by atoms with Gasteiger partial charge in [-0.3, -0.25) is 4.79 Å². The zero-order valence-corrected chi connectivity index (χ0v) is 13.5. The minimum Gasteiger partial charge on any atom is -0.347 e. The highest BCUT2D eigenvalue weighted by molar-refractivity contribution is 7.13. The SMILES string of the molecule is CC(C)(C)c1ncc(C(=O)NCc2ccccc2CN)s1. The van der Waals surface area contributed by atoms with E-state index in [9.17, 15) is 4.79 Å². The Hall–Kier alpha value is -1.72. The molecule has 0 bridgehead atoms. The topological polar surface area (TPSA) is 68.0 Å². The normalized spacial score (nSPS) is 11.4. The first-order valence-electron chi connectivity index (χ1n) is 6.93. The molecule has 0 aliphatic carbocycles. The van der Waals surface area contributed by atoms with Crippen molar-refractivity contribution in [3.63, 3.8) is 0 Å². The summed E-state index contributed by atoms with van der Waals surface area (Å²) in [4.78, 5) is 17.2. The van der Waals surface area contributed by atoms with Crippen LogP contribution < -0.4 is 11.1 Å². The summed E-state index contributed by atoms with van der Waals surface area (Å²) in [6, 6.07) is 7.86. The molecule has 5 heteroatoms. The van der Waals surface area contributed by atoms with Gasteiger partial charge in [-0.05, 0) is 11.1 Å². The summed E-state index contributed by atoms with van der Waals surface area (Å²) in [5.74, 6) is -0.0881. The molecule has 2 aromatic rings. The van der Waals surface area contributed by atoms with Gasteiger partial charge in [0.25, 0.3) is 5.91 Å². The average molecular weight is 303 g/mol. The van der Waals surface area contributed by atoms with Crippen molar-refractivity contribution in [2.45, 2.75) is 39.3 Å². The van der Waals surface area contributed by atoms with E-state index in [1.807, 2.05) is 24.3 Å². The Morgan fingerprint density at radius 2 is 1.95 bits per heavy atom. The van der Waals surface area contributed by atoms with Gasteiger partial charge >= 0.3 is 0 Å². The van der Waals surface area contributed by atoms with Crippen molar-refractivity contribution < 1.29 is 4.79 Å². The number of hydrogen-bond acceptors (Lipinski definition) is 4. The molecule has 1 aromatic carbocycles. The fraction of sp³-hybridized carbons (Fsp3) is 0.375. The molecule has 0 saturated heterocycles. The van der Waals surface area contributed by atoms with Crippen molar-refractivity contribution in [2.24, 2.45) is 5.73 Å². The van der Waals surface area contributed by atoms with Gasteiger partial charge in [0.2, 0.25) is 0 Å². The number of carbonyl (C=O) groups excluding carboxylic acids is 1. The third kappa shape index (κ3) is 3.89. The van der Waals surface area contributed by atoms with E-state index in [2.05, 4.69) is 31.1 Å². The van der Waals surface area contributed by atoms with Crippen molar-refractivity contribution in [1.29, 1.82) is 0 Å². The van der Waals surface area contributed by atoms with E-state index in [-0.39, 0.29) is 11.3 Å². The average Bonchev–Trinajstić information content (AvgIpc) is 2.95. The molecule has 3 N–H and O–H groups in total. The van der Waals surface area contributed by atoms with Crippen LogP contribution in [-0.2, 0) is 18.5 Å². The maximum atomic E-state index is 12.2. The van der Waals surface area contributed by atoms with Gasteiger partial charge in [0.1, 0.15) is 4.88 Å². The molecule has 0 radical (unpaired) electrons. The lowest BCUT2D eigenvalue weighted by atomic mass is 9.98. The van der Waals surface area contributed by atoms with E-state index in [0.29, 0.717) is 18.0 Å². The highest BCUT2D eigenvalue weighted by Gasteiger charge is 2.20. The zero-order chi connectivity index (χ0) is 15.5. The first-order chi connectivity index (χ1) is 9.91. The van der Waals surface area contributed by atoms with Crippen LogP contribution >= 0.6 is 11.3 Å². The highest BCUT2D eigenvalue weighted by Crippen LogP contribution is 2.26. The van der Waals surface area contributed by atoms with E-state index in [1.165, 1.54) is 11.3 Å². The Bertz CT molecular complexity index is 628. The summed E-state index contributed by atoms with van der Waals surface area (Å²) < 4.78 is 0. The smallest absolute Gasteiger partial charge is 0.263 e. The molecule has 1 heterocycles. The Balaban J connectivity index is 2.03. The standard InChI is InChI=1S/C16H21N3OS/c1-16(2,3)15-19-10-13(21-15)14(20)18-9-12-7-5-4-6-11(12)8-17/h4-7,10H,8-9,17H2,1-3H3,(H,18,20). The van der Waals surface area contributed by atoms with Crippen LogP contribution in [0.5, 0.6) is 0 Å². The van der Waals surface area contributed by atoms with Crippen molar-refractivity contribution in [1.82, 2.24) is 10.3 Å². The molecular formula is C16H21N3OS. The fourth-order valence-corrected chi connectivity index (χ4v) is 2.81. The van der Waals surface area contributed by atoms with Crippen LogP contribution in [-0.4, -0.2) is 10.9 Å². The van der Waals surface area contributed by atoms with Gasteiger partial charge in [-0.2, -0.15) is 0 Å². The first kappa shape index (κ1) is 15.7. The Morgan fingerprint density at radius 3 is 2.52 bits per heavy atom. The number of rotatable bonds is 4. The Labute approximate surface area is 129 Å². The summed E-state index contributed by atoms with van der Waals surface area (Å²) in [5.41, 5.74) is 7.77. The molecule has 2 rings (SSSR count). The van der Waals surface area contributed by atoms with Crippen molar-refractivity contribution in [3.8, 4) is 0 Å². The molecule has 21 heavy (non-hydrogen) atoms. The summed E-state index contributed by atoms with van der Waals surface area (Å²) in [5, 5.41) is 3.90. The highest BCUT2D eigenvalue weighted by atomic mass is 32.1. The van der Waals surface area contributed by atoms with Gasteiger partial charge in [0.15, 0.2) is 0 Å². The van der Waals surface area contributed by atoms with E-state index >= 15 is 0 Å². The summed E-state index contributed by atoms with van der Waals surface area (Å²) in [7, 11) is 0. The third-order valence-corrected chi connectivity index (χ3v) is 4.57. The second kappa shape index (κ2) is 6.37. The largest absolute Gasteiger partial charge is 0.347 e. The van der Waals surface area contributed by atoms with E-state index in [4.69, 9.17) is 5.73 Å². The molecule has 0 spiro atoms. The molecule has 112 valence electrons. The van der Waals surface area contributed by atoms with E-state index in [1.54, 1.807) is 6.20 Å². The molecule has 4 nitrogen and oxygen atoms in total. The number of aromatic nitrogens is 1. The predicted molar refractivity (Wildman–Crippen MR) is 86.3 cm³/mol. The van der Waals surface area contributed by atoms with Gasteiger partial charge in [-0.15, -0.1) is 11.3 Å². The lowest BCUT2D eigenvalue weighted by Gasteiger charge is -2.13. The minimum atomic E-state index is -0.0881. The summed E-state index contributed by atoms with van der Waals surface area (Å²) >= 11 is 1.45. The Morgan fingerprint density at radius 1 is 1.29 bits per heavy atom. The van der Waals surface area contributed by atoms with Crippen LogP contribution in [0.3, 0.4) is 0 Å². The number of carbonyl (C=O) groups is 1. The van der Waals surface area contributed by atoms with E-state index in [0.717, 1.165) is 16.1 Å². The van der Waals surface area contributed by atoms with Gasteiger partial charge < -0.3 is 11.1 Å². The molecular weight excluding hydrogens is 282 g/mol. The van der Waals surface area contributed by atoms with Crippen LogP contribution in [0.25, 0.3) is 0 Å². The van der Waals surface area contributed by atoms with Crippen LogP contribution in [0.4, 0.5) is 0 Å². The Kier molecular flexibility index (Phi) is 4.75. The summed E-state index contributed by atoms with van der Waals surface area (Å²) in [6.45, 7) is 7.22.